The Hall–Kier alpha value is -1.90. The lowest BCUT2D eigenvalue weighted by atomic mass is 9.58. The fraction of sp³-hybridized carbons (Fsp3) is 0.440. The van der Waals surface area contributed by atoms with Gasteiger partial charge in [-0.25, -0.2) is 0 Å². The molecule has 0 amide bonds. The summed E-state index contributed by atoms with van der Waals surface area (Å²) in [6.07, 6.45) is 7.34. The Morgan fingerprint density at radius 1 is 1.04 bits per heavy atom. The summed E-state index contributed by atoms with van der Waals surface area (Å²) >= 11 is 0. The molecule has 0 aliphatic heterocycles. The first kappa shape index (κ1) is 18.5. The van der Waals surface area contributed by atoms with Crippen LogP contribution in [-0.2, 0) is 27.7 Å². The van der Waals surface area contributed by atoms with Crippen LogP contribution in [0.15, 0.2) is 60.2 Å². The minimum Gasteiger partial charge on any atom is -0.353 e. The Morgan fingerprint density at radius 3 is 2.59 bits per heavy atom. The Labute approximate surface area is 163 Å². The first-order valence-corrected chi connectivity index (χ1v) is 10.1. The van der Waals surface area contributed by atoms with E-state index in [0.29, 0.717) is 6.61 Å². The largest absolute Gasteiger partial charge is 0.353 e. The van der Waals surface area contributed by atoms with Crippen LogP contribution in [0.3, 0.4) is 0 Å². The van der Waals surface area contributed by atoms with E-state index in [1.165, 1.54) is 27.8 Å². The molecule has 0 spiro atoms. The number of aryl methyl sites for hydroxylation is 1. The van der Waals surface area contributed by atoms with Gasteiger partial charge in [0.2, 0.25) is 0 Å². The highest BCUT2D eigenvalue weighted by Gasteiger charge is 2.49. The van der Waals surface area contributed by atoms with Crippen LogP contribution in [0.5, 0.6) is 0 Å². The predicted molar refractivity (Wildman–Crippen MR) is 110 cm³/mol. The zero-order chi connectivity index (χ0) is 18.9. The summed E-state index contributed by atoms with van der Waals surface area (Å²) in [6.45, 7) is 4.93. The average molecular weight is 363 g/mol. The zero-order valence-electron chi connectivity index (χ0n) is 16.8. The van der Waals surface area contributed by atoms with Crippen molar-refractivity contribution in [1.29, 1.82) is 0 Å². The van der Waals surface area contributed by atoms with E-state index in [-0.39, 0.29) is 5.41 Å². The number of fused-ring (bicyclic) bond motifs is 3. The van der Waals surface area contributed by atoms with Gasteiger partial charge in [0.1, 0.15) is 0 Å². The second kappa shape index (κ2) is 7.26. The maximum Gasteiger partial charge on any atom is 0.171 e. The summed E-state index contributed by atoms with van der Waals surface area (Å²) in [7, 11) is 1.79. The van der Waals surface area contributed by atoms with E-state index in [1.807, 2.05) is 0 Å². The molecule has 2 aromatic carbocycles. The van der Waals surface area contributed by atoms with Crippen LogP contribution in [0.25, 0.3) is 0 Å². The number of benzene rings is 2. The third kappa shape index (κ3) is 3.26. The van der Waals surface area contributed by atoms with Crippen LogP contribution in [-0.4, -0.2) is 19.5 Å². The van der Waals surface area contributed by atoms with Crippen LogP contribution in [0.1, 0.15) is 48.4 Å². The van der Waals surface area contributed by atoms with Crippen molar-refractivity contribution in [2.24, 2.45) is 0 Å². The van der Waals surface area contributed by atoms with Crippen LogP contribution < -0.4 is 0 Å². The SMILES string of the molecule is CCOC1(OC)CCC2(Cc3ccccc3)C(=CCc3cc(C)ccc32)C1. The Bertz CT molecular complexity index is 839. The zero-order valence-corrected chi connectivity index (χ0v) is 16.8. The molecule has 0 N–H and O–H groups in total. The molecule has 142 valence electrons. The molecule has 1 fully saturated rings. The van der Waals surface area contributed by atoms with Crippen molar-refractivity contribution < 1.29 is 9.47 Å². The molecule has 0 heterocycles. The summed E-state index contributed by atoms with van der Waals surface area (Å²) in [4.78, 5) is 0. The molecule has 2 aliphatic rings. The number of rotatable bonds is 5. The van der Waals surface area contributed by atoms with E-state index in [2.05, 4.69) is 68.5 Å². The van der Waals surface area contributed by atoms with Gasteiger partial charge in [0.25, 0.3) is 0 Å². The lowest BCUT2D eigenvalue weighted by Gasteiger charge is -2.50. The van der Waals surface area contributed by atoms with Crippen molar-refractivity contribution in [3.05, 3.63) is 82.4 Å². The lowest BCUT2D eigenvalue weighted by Crippen LogP contribution is -2.48. The molecule has 2 heteroatoms. The Kier molecular flexibility index (Phi) is 4.96. The molecule has 4 rings (SSSR count). The molecule has 0 aromatic heterocycles. The van der Waals surface area contributed by atoms with E-state index < -0.39 is 5.79 Å². The van der Waals surface area contributed by atoms with E-state index in [9.17, 15) is 0 Å². The standard InChI is InChI=1S/C25H30O2/c1-4-27-25(26-3)15-14-24(17-20-8-6-5-7-9-20)22(18-25)12-11-21-16-19(2)10-13-23(21)24/h5-10,12-13,16H,4,11,14-15,17-18H2,1-3H3. The van der Waals surface area contributed by atoms with E-state index >= 15 is 0 Å². The van der Waals surface area contributed by atoms with Gasteiger partial charge in [0.15, 0.2) is 5.79 Å². The normalized spacial score (nSPS) is 26.9. The Morgan fingerprint density at radius 2 is 1.85 bits per heavy atom. The molecule has 0 bridgehead atoms. The lowest BCUT2D eigenvalue weighted by molar-refractivity contribution is -0.232. The topological polar surface area (TPSA) is 18.5 Å². The first-order valence-electron chi connectivity index (χ1n) is 10.1. The van der Waals surface area contributed by atoms with Gasteiger partial charge < -0.3 is 9.47 Å². The van der Waals surface area contributed by atoms with E-state index in [0.717, 1.165) is 32.1 Å². The van der Waals surface area contributed by atoms with Crippen LogP contribution in [0.2, 0.25) is 0 Å². The maximum absolute atomic E-state index is 6.11. The van der Waals surface area contributed by atoms with Crippen molar-refractivity contribution in [1.82, 2.24) is 0 Å². The third-order valence-electron chi connectivity index (χ3n) is 6.48. The van der Waals surface area contributed by atoms with Crippen LogP contribution in [0, 0.1) is 6.92 Å². The molecule has 0 radical (unpaired) electrons. The van der Waals surface area contributed by atoms with Gasteiger partial charge in [-0.2, -0.15) is 0 Å². The minimum atomic E-state index is -0.469. The summed E-state index contributed by atoms with van der Waals surface area (Å²) in [6, 6.07) is 17.9. The number of allylic oxidation sites excluding steroid dienone is 1. The number of methoxy groups -OCH3 is 1. The molecule has 1 saturated carbocycles. The Balaban J connectivity index is 1.79. The molecule has 0 saturated heterocycles. The molecule has 2 atom stereocenters. The highest BCUT2D eigenvalue weighted by atomic mass is 16.7. The van der Waals surface area contributed by atoms with Crippen molar-refractivity contribution in [2.45, 2.75) is 57.2 Å². The van der Waals surface area contributed by atoms with Gasteiger partial charge in [0.05, 0.1) is 0 Å². The number of hydrogen-bond acceptors (Lipinski definition) is 2. The number of hydrogen-bond donors (Lipinski definition) is 0. The smallest absolute Gasteiger partial charge is 0.171 e. The van der Waals surface area contributed by atoms with E-state index in [4.69, 9.17) is 9.47 Å². The second-order valence-electron chi connectivity index (χ2n) is 8.06. The van der Waals surface area contributed by atoms with Gasteiger partial charge >= 0.3 is 0 Å². The minimum absolute atomic E-state index is 0.0573. The van der Waals surface area contributed by atoms with E-state index in [1.54, 1.807) is 7.11 Å². The van der Waals surface area contributed by atoms with Gasteiger partial charge in [-0.15, -0.1) is 0 Å². The molecular formula is C25H30O2. The van der Waals surface area contributed by atoms with Gasteiger partial charge in [-0.05, 0) is 49.8 Å². The molecule has 2 aromatic rings. The summed E-state index contributed by atoms with van der Waals surface area (Å²) < 4.78 is 12.0. The summed E-state index contributed by atoms with van der Waals surface area (Å²) in [5, 5.41) is 0. The quantitative estimate of drug-likeness (QED) is 0.515. The first-order chi connectivity index (χ1) is 13.1. The van der Waals surface area contributed by atoms with Crippen molar-refractivity contribution in [3.8, 4) is 0 Å². The van der Waals surface area contributed by atoms with Gasteiger partial charge in [0, 0.05) is 32.0 Å². The molecule has 2 unspecified atom stereocenters. The summed E-state index contributed by atoms with van der Waals surface area (Å²) in [5.41, 5.74) is 7.28. The fourth-order valence-electron chi connectivity index (χ4n) is 5.14. The molecule has 2 aliphatic carbocycles. The van der Waals surface area contributed by atoms with Crippen LogP contribution in [0.4, 0.5) is 0 Å². The van der Waals surface area contributed by atoms with Crippen molar-refractivity contribution >= 4 is 0 Å². The fourth-order valence-corrected chi connectivity index (χ4v) is 5.14. The highest BCUT2D eigenvalue weighted by molar-refractivity contribution is 5.51. The van der Waals surface area contributed by atoms with Crippen LogP contribution >= 0.6 is 0 Å². The molecular weight excluding hydrogens is 332 g/mol. The average Bonchev–Trinajstić information content (AvgIpc) is 2.69. The molecule has 27 heavy (non-hydrogen) atoms. The second-order valence-corrected chi connectivity index (χ2v) is 8.06. The third-order valence-corrected chi connectivity index (χ3v) is 6.48. The van der Waals surface area contributed by atoms with Crippen molar-refractivity contribution in [2.75, 3.05) is 13.7 Å². The summed E-state index contributed by atoms with van der Waals surface area (Å²) in [5.74, 6) is -0.469. The number of ether oxygens (including phenoxy) is 2. The monoisotopic (exact) mass is 362 g/mol. The van der Waals surface area contributed by atoms with Gasteiger partial charge in [-0.3, -0.25) is 0 Å². The highest BCUT2D eigenvalue weighted by Crippen LogP contribution is 2.53. The van der Waals surface area contributed by atoms with Crippen molar-refractivity contribution in [3.63, 3.8) is 0 Å². The molecule has 2 nitrogen and oxygen atoms in total. The van der Waals surface area contributed by atoms with Gasteiger partial charge in [-0.1, -0.05) is 65.7 Å². The predicted octanol–water partition coefficient (Wildman–Crippen LogP) is 5.52. The maximum atomic E-state index is 6.11.